The molecule has 5 heteroatoms. The molecule has 0 saturated heterocycles. The van der Waals surface area contributed by atoms with Crippen LogP contribution in [-0.4, -0.2) is 15.4 Å². The van der Waals surface area contributed by atoms with Gasteiger partial charge in [0, 0.05) is 29.7 Å². The molecule has 1 aliphatic carbocycles. The van der Waals surface area contributed by atoms with E-state index in [4.69, 9.17) is 8.94 Å². The van der Waals surface area contributed by atoms with Crippen molar-refractivity contribution in [1.29, 1.82) is 0 Å². The van der Waals surface area contributed by atoms with Crippen LogP contribution in [-0.2, 0) is 10.8 Å². The van der Waals surface area contributed by atoms with Crippen molar-refractivity contribution < 1.29 is 8.94 Å². The maximum Gasteiger partial charge on any atom is 0.222 e. The highest BCUT2D eigenvalue weighted by Gasteiger charge is 2.46. The highest BCUT2D eigenvalue weighted by molar-refractivity contribution is 5.22. The summed E-state index contributed by atoms with van der Waals surface area (Å²) in [6.45, 7) is 12.6. The van der Waals surface area contributed by atoms with Gasteiger partial charge >= 0.3 is 0 Å². The van der Waals surface area contributed by atoms with Gasteiger partial charge in [0.1, 0.15) is 5.76 Å². The van der Waals surface area contributed by atoms with Gasteiger partial charge in [0.25, 0.3) is 0 Å². The minimum Gasteiger partial charge on any atom is -0.425 e. The smallest absolute Gasteiger partial charge is 0.222 e. The third-order valence-electron chi connectivity index (χ3n) is 4.46. The Balaban J connectivity index is 1.66. The molecule has 0 aromatic carbocycles. The molecule has 2 atom stereocenters. The standard InChI is InChI=1S/C17H25N3O2/c1-10-18-19-15(21-10)17(5,6)9-11-7-12(11)13-8-14(20-22-13)16(2,3)4/h8,11-12H,7,9H2,1-6H3. The summed E-state index contributed by atoms with van der Waals surface area (Å²) >= 11 is 0. The van der Waals surface area contributed by atoms with Crippen molar-refractivity contribution in [3.8, 4) is 0 Å². The Bertz CT molecular complexity index is 663. The lowest BCUT2D eigenvalue weighted by Gasteiger charge is -2.19. The molecule has 5 nitrogen and oxygen atoms in total. The number of nitrogens with zero attached hydrogens (tertiary/aromatic N) is 3. The Hall–Kier alpha value is -1.65. The van der Waals surface area contributed by atoms with E-state index in [2.05, 4.69) is 56.0 Å². The molecular formula is C17H25N3O2. The van der Waals surface area contributed by atoms with Crippen molar-refractivity contribution in [2.24, 2.45) is 5.92 Å². The molecule has 0 radical (unpaired) electrons. The van der Waals surface area contributed by atoms with Crippen LogP contribution in [0.3, 0.4) is 0 Å². The second kappa shape index (κ2) is 4.93. The molecule has 2 unspecified atom stereocenters. The summed E-state index contributed by atoms with van der Waals surface area (Å²) in [4.78, 5) is 0. The summed E-state index contributed by atoms with van der Waals surface area (Å²) in [7, 11) is 0. The van der Waals surface area contributed by atoms with Crippen LogP contribution < -0.4 is 0 Å². The predicted octanol–water partition coefficient (Wildman–Crippen LogP) is 4.13. The fraction of sp³-hybridized carbons (Fsp3) is 0.706. The SMILES string of the molecule is Cc1nnc(C(C)(C)CC2CC2c2cc(C(C)(C)C)no2)o1. The van der Waals surface area contributed by atoms with Gasteiger partial charge in [-0.25, -0.2) is 0 Å². The maximum atomic E-state index is 5.61. The number of hydrogen-bond donors (Lipinski definition) is 0. The molecule has 22 heavy (non-hydrogen) atoms. The molecule has 0 N–H and O–H groups in total. The summed E-state index contributed by atoms with van der Waals surface area (Å²) < 4.78 is 11.2. The molecule has 1 aliphatic rings. The average Bonchev–Trinajstić information content (AvgIpc) is 2.83. The van der Waals surface area contributed by atoms with E-state index in [9.17, 15) is 0 Å². The molecular weight excluding hydrogens is 278 g/mol. The first-order valence-corrected chi connectivity index (χ1v) is 7.94. The van der Waals surface area contributed by atoms with Crippen molar-refractivity contribution in [3.05, 3.63) is 29.3 Å². The average molecular weight is 303 g/mol. The predicted molar refractivity (Wildman–Crippen MR) is 82.7 cm³/mol. The fourth-order valence-corrected chi connectivity index (χ4v) is 2.95. The van der Waals surface area contributed by atoms with Gasteiger partial charge in [0.05, 0.1) is 5.69 Å². The minimum absolute atomic E-state index is 0.0344. The number of rotatable bonds is 4. The first-order valence-electron chi connectivity index (χ1n) is 7.94. The Morgan fingerprint density at radius 2 is 1.91 bits per heavy atom. The van der Waals surface area contributed by atoms with Gasteiger partial charge in [0.2, 0.25) is 11.8 Å². The van der Waals surface area contributed by atoms with E-state index in [1.54, 1.807) is 0 Å². The van der Waals surface area contributed by atoms with Gasteiger partial charge in [-0.15, -0.1) is 10.2 Å². The number of aromatic nitrogens is 3. The lowest BCUT2D eigenvalue weighted by atomic mass is 9.86. The lowest BCUT2D eigenvalue weighted by Crippen LogP contribution is -2.18. The molecule has 0 aliphatic heterocycles. The topological polar surface area (TPSA) is 65.0 Å². The number of hydrogen-bond acceptors (Lipinski definition) is 5. The van der Waals surface area contributed by atoms with E-state index in [1.165, 1.54) is 0 Å². The number of aryl methyl sites for hydroxylation is 1. The molecule has 2 aromatic heterocycles. The second-order valence-corrected chi connectivity index (χ2v) is 8.18. The monoisotopic (exact) mass is 303 g/mol. The zero-order valence-corrected chi connectivity index (χ0v) is 14.3. The minimum atomic E-state index is -0.104. The highest BCUT2D eigenvalue weighted by atomic mass is 16.5. The van der Waals surface area contributed by atoms with Crippen molar-refractivity contribution in [3.63, 3.8) is 0 Å². The largest absolute Gasteiger partial charge is 0.425 e. The van der Waals surface area contributed by atoms with Crippen LogP contribution in [0.2, 0.25) is 0 Å². The van der Waals surface area contributed by atoms with Crippen LogP contribution in [0.4, 0.5) is 0 Å². The third kappa shape index (κ3) is 2.94. The van der Waals surface area contributed by atoms with Crippen LogP contribution in [0.15, 0.2) is 15.0 Å². The van der Waals surface area contributed by atoms with Crippen LogP contribution in [0, 0.1) is 12.8 Å². The molecule has 1 saturated carbocycles. The quantitative estimate of drug-likeness (QED) is 0.849. The maximum absolute atomic E-state index is 5.61. The van der Waals surface area contributed by atoms with Gasteiger partial charge in [-0.1, -0.05) is 39.8 Å². The zero-order chi connectivity index (χ0) is 16.1. The van der Waals surface area contributed by atoms with E-state index in [0.717, 1.165) is 30.2 Å². The summed E-state index contributed by atoms with van der Waals surface area (Å²) in [6.07, 6.45) is 2.17. The molecule has 0 bridgehead atoms. The van der Waals surface area contributed by atoms with Gasteiger partial charge in [-0.2, -0.15) is 0 Å². The van der Waals surface area contributed by atoms with E-state index < -0.39 is 0 Å². The van der Waals surface area contributed by atoms with E-state index in [0.29, 0.717) is 17.7 Å². The van der Waals surface area contributed by atoms with E-state index >= 15 is 0 Å². The fourth-order valence-electron chi connectivity index (χ4n) is 2.95. The first-order chi connectivity index (χ1) is 10.2. The molecule has 120 valence electrons. The van der Waals surface area contributed by atoms with Crippen LogP contribution >= 0.6 is 0 Å². The first kappa shape index (κ1) is 15.3. The highest BCUT2D eigenvalue weighted by Crippen LogP contribution is 2.53. The van der Waals surface area contributed by atoms with E-state index in [1.807, 2.05) is 6.92 Å². The van der Waals surface area contributed by atoms with Crippen LogP contribution in [0.25, 0.3) is 0 Å². The Labute approximate surface area is 131 Å². The van der Waals surface area contributed by atoms with Gasteiger partial charge in [0.15, 0.2) is 0 Å². The molecule has 3 rings (SSSR count). The molecule has 0 amide bonds. The van der Waals surface area contributed by atoms with Crippen LogP contribution in [0.1, 0.15) is 76.6 Å². The lowest BCUT2D eigenvalue weighted by molar-refractivity contribution is 0.319. The summed E-state index contributed by atoms with van der Waals surface area (Å²) in [5.74, 6) is 3.45. The van der Waals surface area contributed by atoms with Gasteiger partial charge in [-0.3, -0.25) is 0 Å². The summed E-state index contributed by atoms with van der Waals surface area (Å²) in [5, 5.41) is 12.3. The molecule has 2 heterocycles. The second-order valence-electron chi connectivity index (χ2n) is 8.18. The Morgan fingerprint density at radius 3 is 2.45 bits per heavy atom. The van der Waals surface area contributed by atoms with Crippen molar-refractivity contribution in [1.82, 2.24) is 15.4 Å². The summed E-state index contributed by atoms with van der Waals surface area (Å²) in [6, 6.07) is 2.12. The van der Waals surface area contributed by atoms with Gasteiger partial charge in [-0.05, 0) is 18.8 Å². The van der Waals surface area contributed by atoms with Crippen molar-refractivity contribution in [2.45, 2.75) is 71.1 Å². The zero-order valence-electron chi connectivity index (χ0n) is 14.3. The van der Waals surface area contributed by atoms with Crippen LogP contribution in [0.5, 0.6) is 0 Å². The van der Waals surface area contributed by atoms with Crippen molar-refractivity contribution in [2.75, 3.05) is 0 Å². The van der Waals surface area contributed by atoms with Crippen molar-refractivity contribution >= 4 is 0 Å². The normalized spacial score (nSPS) is 22.1. The molecule has 0 spiro atoms. The molecule has 2 aromatic rings. The Morgan fingerprint density at radius 1 is 1.18 bits per heavy atom. The van der Waals surface area contributed by atoms with Gasteiger partial charge < -0.3 is 8.94 Å². The molecule has 1 fully saturated rings. The third-order valence-corrected chi connectivity index (χ3v) is 4.46. The Kier molecular flexibility index (Phi) is 3.42. The summed E-state index contributed by atoms with van der Waals surface area (Å²) in [5.41, 5.74) is 0.959. The van der Waals surface area contributed by atoms with E-state index in [-0.39, 0.29) is 10.8 Å².